The Labute approximate surface area is 155 Å². The van der Waals surface area contributed by atoms with Crippen molar-refractivity contribution in [3.8, 4) is 5.75 Å². The highest BCUT2D eigenvalue weighted by molar-refractivity contribution is 5.88. The molecule has 0 fully saturated rings. The lowest BCUT2D eigenvalue weighted by Crippen LogP contribution is -2.30. The maximum absolute atomic E-state index is 5.92. The first-order valence-electron chi connectivity index (χ1n) is 9.75. The third kappa shape index (κ3) is 3.12. The lowest BCUT2D eigenvalue weighted by molar-refractivity contribution is 0.309. The Bertz CT molecular complexity index is 925. The van der Waals surface area contributed by atoms with Gasteiger partial charge >= 0.3 is 0 Å². The van der Waals surface area contributed by atoms with E-state index >= 15 is 0 Å². The molecule has 3 heteroatoms. The molecule has 2 N–H and O–H groups in total. The van der Waals surface area contributed by atoms with Crippen LogP contribution in [-0.2, 0) is 6.42 Å². The van der Waals surface area contributed by atoms with Gasteiger partial charge < -0.3 is 15.0 Å². The summed E-state index contributed by atoms with van der Waals surface area (Å²) in [6.07, 6.45) is 3.32. The van der Waals surface area contributed by atoms with Crippen LogP contribution in [0.25, 0.3) is 10.9 Å². The lowest BCUT2D eigenvalue weighted by Gasteiger charge is -2.25. The van der Waals surface area contributed by atoms with Gasteiger partial charge in [0.05, 0.1) is 12.6 Å². The number of hydrogen-bond acceptors (Lipinski definition) is 2. The fraction of sp³-hybridized carbons (Fsp3) is 0.391. The van der Waals surface area contributed by atoms with Crippen molar-refractivity contribution in [2.24, 2.45) is 0 Å². The van der Waals surface area contributed by atoms with Crippen LogP contribution in [-0.4, -0.2) is 18.1 Å². The van der Waals surface area contributed by atoms with Crippen molar-refractivity contribution >= 4 is 10.9 Å². The largest absolute Gasteiger partial charge is 0.494 e. The number of ether oxygens (including phenoxy) is 1. The van der Waals surface area contributed by atoms with E-state index in [1.165, 1.54) is 38.9 Å². The summed E-state index contributed by atoms with van der Waals surface area (Å²) >= 11 is 0. The Kier molecular flexibility index (Phi) is 4.73. The van der Waals surface area contributed by atoms with Crippen molar-refractivity contribution in [1.82, 2.24) is 10.3 Å². The van der Waals surface area contributed by atoms with Crippen LogP contribution in [0.15, 0.2) is 36.4 Å². The average molecular weight is 348 g/mol. The van der Waals surface area contributed by atoms with Crippen LogP contribution >= 0.6 is 0 Å². The van der Waals surface area contributed by atoms with Gasteiger partial charge in [0.25, 0.3) is 0 Å². The molecule has 4 rings (SSSR count). The van der Waals surface area contributed by atoms with Gasteiger partial charge in [0.1, 0.15) is 5.75 Å². The van der Waals surface area contributed by atoms with Crippen LogP contribution < -0.4 is 10.1 Å². The molecule has 1 atom stereocenters. The predicted octanol–water partition coefficient (Wildman–Crippen LogP) is 5.20. The van der Waals surface area contributed by atoms with E-state index in [0.29, 0.717) is 0 Å². The number of aryl methyl sites for hydroxylation is 2. The van der Waals surface area contributed by atoms with E-state index in [-0.39, 0.29) is 6.04 Å². The average Bonchev–Trinajstić information content (AvgIpc) is 3.01. The number of hydrogen-bond donors (Lipinski definition) is 2. The second-order valence-electron chi connectivity index (χ2n) is 7.43. The molecule has 0 amide bonds. The van der Waals surface area contributed by atoms with E-state index in [0.717, 1.165) is 38.2 Å². The highest BCUT2D eigenvalue weighted by Crippen LogP contribution is 2.35. The van der Waals surface area contributed by atoms with Gasteiger partial charge in [-0.2, -0.15) is 0 Å². The second-order valence-corrected chi connectivity index (χ2v) is 7.43. The standard InChI is InChI=1S/C23H28N2O/c1-4-5-11-26-18-8-6-7-17(14-18)22-23-19(9-10-24-22)20-13-15(2)12-16(3)21(20)25-23/h6-8,12-14,22,24-25H,4-5,9-11H2,1-3H3. The molecule has 1 unspecified atom stereocenters. The molecule has 0 saturated heterocycles. The highest BCUT2D eigenvalue weighted by atomic mass is 16.5. The number of aromatic nitrogens is 1. The molecule has 0 radical (unpaired) electrons. The van der Waals surface area contributed by atoms with Crippen molar-refractivity contribution in [2.45, 2.75) is 46.1 Å². The number of rotatable bonds is 5. The zero-order valence-corrected chi connectivity index (χ0v) is 16.0. The van der Waals surface area contributed by atoms with Crippen molar-refractivity contribution < 1.29 is 4.74 Å². The molecule has 2 heterocycles. The zero-order chi connectivity index (χ0) is 18.1. The van der Waals surface area contributed by atoms with E-state index in [9.17, 15) is 0 Å². The van der Waals surface area contributed by atoms with Crippen LogP contribution in [0.2, 0.25) is 0 Å². The van der Waals surface area contributed by atoms with Gasteiger partial charge in [0.2, 0.25) is 0 Å². The van der Waals surface area contributed by atoms with E-state index in [1.807, 2.05) is 0 Å². The maximum Gasteiger partial charge on any atom is 0.119 e. The van der Waals surface area contributed by atoms with E-state index in [2.05, 4.69) is 67.5 Å². The molecule has 0 spiro atoms. The Morgan fingerprint density at radius 2 is 2.04 bits per heavy atom. The van der Waals surface area contributed by atoms with Gasteiger partial charge in [-0.25, -0.2) is 0 Å². The number of nitrogens with one attached hydrogen (secondary N) is 2. The minimum Gasteiger partial charge on any atom is -0.494 e. The smallest absolute Gasteiger partial charge is 0.119 e. The van der Waals surface area contributed by atoms with Gasteiger partial charge in [0.15, 0.2) is 0 Å². The molecule has 3 nitrogen and oxygen atoms in total. The third-order valence-electron chi connectivity index (χ3n) is 5.36. The molecule has 136 valence electrons. The summed E-state index contributed by atoms with van der Waals surface area (Å²) in [7, 11) is 0. The Hall–Kier alpha value is -2.26. The third-order valence-corrected chi connectivity index (χ3v) is 5.36. The molecule has 1 aliphatic heterocycles. The van der Waals surface area contributed by atoms with Gasteiger partial charge in [0, 0.05) is 23.1 Å². The van der Waals surface area contributed by atoms with Crippen molar-refractivity contribution in [2.75, 3.05) is 13.2 Å². The van der Waals surface area contributed by atoms with Gasteiger partial charge in [-0.15, -0.1) is 0 Å². The Balaban J connectivity index is 1.72. The maximum atomic E-state index is 5.92. The predicted molar refractivity (Wildman–Crippen MR) is 108 cm³/mol. The number of aromatic amines is 1. The lowest BCUT2D eigenvalue weighted by atomic mass is 9.93. The number of fused-ring (bicyclic) bond motifs is 3. The van der Waals surface area contributed by atoms with Crippen LogP contribution in [0.5, 0.6) is 5.75 Å². The van der Waals surface area contributed by atoms with Gasteiger partial charge in [-0.1, -0.05) is 37.1 Å². The molecular formula is C23H28N2O. The summed E-state index contributed by atoms with van der Waals surface area (Å²) < 4.78 is 5.92. The Morgan fingerprint density at radius 1 is 1.15 bits per heavy atom. The molecule has 2 aromatic carbocycles. The van der Waals surface area contributed by atoms with Crippen molar-refractivity contribution in [1.29, 1.82) is 0 Å². The fourth-order valence-electron chi connectivity index (χ4n) is 4.09. The summed E-state index contributed by atoms with van der Waals surface area (Å²) in [5, 5.41) is 5.08. The molecular weight excluding hydrogens is 320 g/mol. The molecule has 1 aromatic heterocycles. The van der Waals surface area contributed by atoms with E-state index in [4.69, 9.17) is 4.74 Å². The van der Waals surface area contributed by atoms with Crippen molar-refractivity contribution in [3.63, 3.8) is 0 Å². The minimum atomic E-state index is 0.195. The fourth-order valence-corrected chi connectivity index (χ4v) is 4.09. The number of H-pyrrole nitrogens is 1. The molecule has 0 saturated carbocycles. The summed E-state index contributed by atoms with van der Waals surface area (Å²) in [5.74, 6) is 0.966. The first-order chi connectivity index (χ1) is 12.7. The summed E-state index contributed by atoms with van der Waals surface area (Å²) in [5.41, 5.74) is 7.98. The second kappa shape index (κ2) is 7.16. The zero-order valence-electron chi connectivity index (χ0n) is 16.0. The normalized spacial score (nSPS) is 16.7. The van der Waals surface area contributed by atoms with Crippen LogP contribution in [0.4, 0.5) is 0 Å². The van der Waals surface area contributed by atoms with Gasteiger partial charge in [-0.3, -0.25) is 0 Å². The molecule has 0 bridgehead atoms. The van der Waals surface area contributed by atoms with Crippen molar-refractivity contribution in [3.05, 3.63) is 64.3 Å². The number of unbranched alkanes of at least 4 members (excludes halogenated alkanes) is 1. The first-order valence-corrected chi connectivity index (χ1v) is 9.75. The molecule has 26 heavy (non-hydrogen) atoms. The van der Waals surface area contributed by atoms with Gasteiger partial charge in [-0.05, 0) is 61.6 Å². The molecule has 3 aromatic rings. The summed E-state index contributed by atoms with van der Waals surface area (Å²) in [6.45, 7) is 8.35. The molecule has 1 aliphatic rings. The summed E-state index contributed by atoms with van der Waals surface area (Å²) in [4.78, 5) is 3.73. The first kappa shape index (κ1) is 17.2. The van der Waals surface area contributed by atoms with Crippen LogP contribution in [0.3, 0.4) is 0 Å². The van der Waals surface area contributed by atoms with Crippen LogP contribution in [0, 0.1) is 13.8 Å². The van der Waals surface area contributed by atoms with Crippen LogP contribution in [0.1, 0.15) is 53.8 Å². The highest BCUT2D eigenvalue weighted by Gasteiger charge is 2.26. The van der Waals surface area contributed by atoms with E-state index in [1.54, 1.807) is 0 Å². The quantitative estimate of drug-likeness (QED) is 0.622. The SMILES string of the molecule is CCCCOc1cccc(C2NCCc3c2[nH]c2c(C)cc(C)cc32)c1. The minimum absolute atomic E-state index is 0.195. The monoisotopic (exact) mass is 348 g/mol. The molecule has 0 aliphatic carbocycles. The topological polar surface area (TPSA) is 37.0 Å². The number of benzene rings is 2. The Morgan fingerprint density at radius 3 is 2.88 bits per heavy atom. The van der Waals surface area contributed by atoms with E-state index < -0.39 is 0 Å². The summed E-state index contributed by atoms with van der Waals surface area (Å²) in [6, 6.07) is 13.3.